The summed E-state index contributed by atoms with van der Waals surface area (Å²) in [6, 6.07) is 4.51. The fourth-order valence-electron chi connectivity index (χ4n) is 3.24. The molecule has 1 saturated heterocycles. The number of H-pyrrole nitrogens is 1. The number of thioether (sulfide) groups is 1. The topological polar surface area (TPSA) is 117 Å². The quantitative estimate of drug-likeness (QED) is 0.465. The minimum absolute atomic E-state index is 0.0325. The predicted octanol–water partition coefficient (Wildman–Crippen LogP) is 2.21. The highest BCUT2D eigenvalue weighted by Crippen LogP contribution is 2.29. The lowest BCUT2D eigenvalue weighted by molar-refractivity contribution is 0.0956. The maximum absolute atomic E-state index is 13.2. The van der Waals surface area contributed by atoms with E-state index in [-0.39, 0.29) is 22.1 Å². The fraction of sp³-hybridized carbons (Fsp3) is 0.526. The molecule has 0 bridgehead atoms. The number of aromatic nitrogens is 3. The molecule has 0 aliphatic carbocycles. The molecule has 0 saturated carbocycles. The molecule has 1 fully saturated rings. The van der Waals surface area contributed by atoms with Crippen LogP contribution in [0.15, 0.2) is 28.3 Å². The number of nitrogens with zero attached hydrogens (tertiary/aromatic N) is 3. The molecule has 0 atom stereocenters. The minimum Gasteiger partial charge on any atom is -0.495 e. The molecule has 1 aliphatic rings. The van der Waals surface area contributed by atoms with Crippen LogP contribution in [-0.4, -0.2) is 66.3 Å². The number of aromatic amines is 1. The van der Waals surface area contributed by atoms with E-state index in [2.05, 4.69) is 20.5 Å². The van der Waals surface area contributed by atoms with E-state index in [0.29, 0.717) is 30.5 Å². The number of nitrogens with one attached hydrogen (secondary N) is 2. The number of hydrogen-bond donors (Lipinski definition) is 2. The van der Waals surface area contributed by atoms with Crippen molar-refractivity contribution in [2.45, 2.75) is 42.7 Å². The van der Waals surface area contributed by atoms with Gasteiger partial charge in [0.15, 0.2) is 0 Å². The van der Waals surface area contributed by atoms with Crippen molar-refractivity contribution in [2.24, 2.45) is 0 Å². The number of aryl methyl sites for hydroxylation is 1. The molecule has 0 unspecified atom stereocenters. The molecule has 0 radical (unpaired) electrons. The Morgan fingerprint density at radius 2 is 2.00 bits per heavy atom. The SMILES string of the molecule is COc1ccc(C(=O)NCCSc2n[nH]c(C)n2)cc1S(=O)(=O)N1CCCCCC1. The van der Waals surface area contributed by atoms with Gasteiger partial charge in [-0.15, -0.1) is 5.10 Å². The molecule has 3 rings (SSSR count). The number of benzene rings is 1. The largest absolute Gasteiger partial charge is 0.495 e. The van der Waals surface area contributed by atoms with E-state index in [1.807, 2.05) is 6.92 Å². The third kappa shape index (κ3) is 5.52. The van der Waals surface area contributed by atoms with Gasteiger partial charge >= 0.3 is 0 Å². The number of carbonyl (C=O) groups excluding carboxylic acids is 1. The molecule has 1 aromatic heterocycles. The van der Waals surface area contributed by atoms with Gasteiger partial charge in [-0.05, 0) is 38.0 Å². The van der Waals surface area contributed by atoms with Gasteiger partial charge in [0.1, 0.15) is 16.5 Å². The molecule has 164 valence electrons. The highest BCUT2D eigenvalue weighted by molar-refractivity contribution is 7.99. The number of amides is 1. The van der Waals surface area contributed by atoms with Gasteiger partial charge < -0.3 is 10.1 Å². The minimum atomic E-state index is -3.74. The molecule has 0 spiro atoms. The summed E-state index contributed by atoms with van der Waals surface area (Å²) >= 11 is 1.42. The first kappa shape index (κ1) is 22.6. The van der Waals surface area contributed by atoms with Crippen molar-refractivity contribution in [2.75, 3.05) is 32.5 Å². The van der Waals surface area contributed by atoms with E-state index < -0.39 is 10.0 Å². The highest BCUT2D eigenvalue weighted by Gasteiger charge is 2.29. The average Bonchev–Trinajstić information content (AvgIpc) is 2.97. The Morgan fingerprint density at radius 1 is 1.27 bits per heavy atom. The maximum Gasteiger partial charge on any atom is 0.251 e. The monoisotopic (exact) mass is 453 g/mol. The first-order valence-corrected chi connectivity index (χ1v) is 12.3. The van der Waals surface area contributed by atoms with E-state index in [1.54, 1.807) is 6.07 Å². The van der Waals surface area contributed by atoms with Crippen LogP contribution in [0.2, 0.25) is 0 Å². The summed E-state index contributed by atoms with van der Waals surface area (Å²) in [5.74, 6) is 1.24. The predicted molar refractivity (Wildman–Crippen MR) is 114 cm³/mol. The third-order valence-corrected chi connectivity index (χ3v) is 7.57. The summed E-state index contributed by atoms with van der Waals surface area (Å²) in [5, 5.41) is 10.2. The molecule has 1 aliphatic heterocycles. The van der Waals surface area contributed by atoms with Gasteiger partial charge in [0.2, 0.25) is 15.2 Å². The van der Waals surface area contributed by atoms with Crippen LogP contribution in [0, 0.1) is 6.92 Å². The Hall–Kier alpha value is -2.11. The number of rotatable bonds is 8. The van der Waals surface area contributed by atoms with Crippen LogP contribution >= 0.6 is 11.8 Å². The van der Waals surface area contributed by atoms with Gasteiger partial charge in [-0.25, -0.2) is 13.4 Å². The zero-order valence-electron chi connectivity index (χ0n) is 17.2. The summed E-state index contributed by atoms with van der Waals surface area (Å²) in [5.41, 5.74) is 0.280. The number of methoxy groups -OCH3 is 1. The number of ether oxygens (including phenoxy) is 1. The van der Waals surface area contributed by atoms with Crippen molar-refractivity contribution in [3.63, 3.8) is 0 Å². The summed E-state index contributed by atoms with van der Waals surface area (Å²) in [4.78, 5) is 16.8. The molecule has 2 N–H and O–H groups in total. The molecule has 2 heterocycles. The highest BCUT2D eigenvalue weighted by atomic mass is 32.2. The van der Waals surface area contributed by atoms with E-state index >= 15 is 0 Å². The normalized spacial score (nSPS) is 15.5. The Balaban J connectivity index is 1.69. The standard InChI is InChI=1S/C19H27N5O4S2/c1-14-21-19(23-22-14)29-12-9-20-18(25)15-7-8-16(28-2)17(13-15)30(26,27)24-10-5-3-4-6-11-24/h7-8,13H,3-6,9-12H2,1-2H3,(H,20,25)(H,21,22,23). The zero-order valence-corrected chi connectivity index (χ0v) is 18.8. The fourth-order valence-corrected chi connectivity index (χ4v) is 5.63. The zero-order chi connectivity index (χ0) is 21.6. The Labute approximate surface area is 181 Å². The van der Waals surface area contributed by atoms with Crippen molar-refractivity contribution in [3.8, 4) is 5.75 Å². The Bertz CT molecular complexity index is 969. The summed E-state index contributed by atoms with van der Waals surface area (Å²) in [6.45, 7) is 3.19. The lowest BCUT2D eigenvalue weighted by atomic mass is 10.2. The second-order valence-electron chi connectivity index (χ2n) is 6.99. The smallest absolute Gasteiger partial charge is 0.251 e. The van der Waals surface area contributed by atoms with Gasteiger partial charge in [-0.3, -0.25) is 9.89 Å². The van der Waals surface area contributed by atoms with Crippen molar-refractivity contribution in [1.82, 2.24) is 24.8 Å². The third-order valence-electron chi connectivity index (χ3n) is 4.80. The van der Waals surface area contributed by atoms with Gasteiger partial charge in [0.25, 0.3) is 5.91 Å². The number of sulfonamides is 1. The van der Waals surface area contributed by atoms with Crippen LogP contribution in [-0.2, 0) is 10.0 Å². The Kier molecular flexibility index (Phi) is 7.73. The molecular weight excluding hydrogens is 426 g/mol. The van der Waals surface area contributed by atoms with Crippen molar-refractivity contribution >= 4 is 27.7 Å². The van der Waals surface area contributed by atoms with E-state index in [0.717, 1.165) is 31.5 Å². The van der Waals surface area contributed by atoms with Crippen LogP contribution in [0.25, 0.3) is 0 Å². The van der Waals surface area contributed by atoms with Crippen molar-refractivity contribution in [3.05, 3.63) is 29.6 Å². The molecule has 1 aromatic carbocycles. The molecule has 2 aromatic rings. The van der Waals surface area contributed by atoms with Crippen LogP contribution in [0.4, 0.5) is 0 Å². The number of carbonyl (C=O) groups is 1. The molecule has 9 nitrogen and oxygen atoms in total. The lowest BCUT2D eigenvalue weighted by Crippen LogP contribution is -2.32. The second-order valence-corrected chi connectivity index (χ2v) is 9.96. The number of hydrogen-bond acceptors (Lipinski definition) is 7. The second kappa shape index (κ2) is 10.3. The van der Waals surface area contributed by atoms with Crippen LogP contribution in [0.3, 0.4) is 0 Å². The molecule has 11 heteroatoms. The summed E-state index contributed by atoms with van der Waals surface area (Å²) < 4.78 is 33.2. The van der Waals surface area contributed by atoms with E-state index in [9.17, 15) is 13.2 Å². The molecular formula is C19H27N5O4S2. The van der Waals surface area contributed by atoms with E-state index in [4.69, 9.17) is 4.74 Å². The Morgan fingerprint density at radius 3 is 2.63 bits per heavy atom. The van der Waals surface area contributed by atoms with Crippen LogP contribution in [0.5, 0.6) is 5.75 Å². The van der Waals surface area contributed by atoms with E-state index in [1.165, 1.54) is 35.3 Å². The van der Waals surface area contributed by atoms with Crippen molar-refractivity contribution in [1.29, 1.82) is 0 Å². The van der Waals surface area contributed by atoms with Crippen LogP contribution < -0.4 is 10.1 Å². The average molecular weight is 454 g/mol. The van der Waals surface area contributed by atoms with Gasteiger partial charge in [-0.1, -0.05) is 24.6 Å². The summed E-state index contributed by atoms with van der Waals surface area (Å²) in [6.07, 6.45) is 3.72. The van der Waals surface area contributed by atoms with Gasteiger partial charge in [-0.2, -0.15) is 4.31 Å². The maximum atomic E-state index is 13.2. The summed E-state index contributed by atoms with van der Waals surface area (Å²) in [7, 11) is -2.31. The van der Waals surface area contributed by atoms with Crippen molar-refractivity contribution < 1.29 is 17.9 Å². The first-order chi connectivity index (χ1) is 14.4. The molecule has 1 amide bonds. The van der Waals surface area contributed by atoms with Gasteiger partial charge in [0, 0.05) is 31.0 Å². The lowest BCUT2D eigenvalue weighted by Gasteiger charge is -2.21. The van der Waals surface area contributed by atoms with Gasteiger partial charge in [0.05, 0.1) is 7.11 Å². The molecule has 30 heavy (non-hydrogen) atoms. The van der Waals surface area contributed by atoms with Crippen LogP contribution in [0.1, 0.15) is 41.9 Å². The first-order valence-electron chi connectivity index (χ1n) is 9.90.